The lowest BCUT2D eigenvalue weighted by Gasteiger charge is -2.10. The third-order valence-electron chi connectivity index (χ3n) is 3.22. The van der Waals surface area contributed by atoms with E-state index < -0.39 is 0 Å². The van der Waals surface area contributed by atoms with Gasteiger partial charge in [0.25, 0.3) is 0 Å². The number of aryl methyl sites for hydroxylation is 1. The largest absolute Gasteiger partial charge is 0.399 e. The molecule has 3 nitrogen and oxygen atoms in total. The van der Waals surface area contributed by atoms with Gasteiger partial charge in [0.15, 0.2) is 0 Å². The quantitative estimate of drug-likeness (QED) is 0.827. The predicted molar refractivity (Wildman–Crippen MR) is 79.1 cm³/mol. The van der Waals surface area contributed by atoms with Crippen LogP contribution in [-0.4, -0.2) is 5.91 Å². The second-order valence-electron chi connectivity index (χ2n) is 4.71. The van der Waals surface area contributed by atoms with E-state index in [1.165, 1.54) is 5.56 Å². The fourth-order valence-electron chi connectivity index (χ4n) is 1.90. The maximum absolute atomic E-state index is 12.0. The number of hydrogen-bond acceptors (Lipinski definition) is 2. The number of nitrogens with two attached hydrogens (primary N) is 1. The minimum atomic E-state index is -0.0153. The van der Waals surface area contributed by atoms with Gasteiger partial charge in [-0.1, -0.05) is 24.3 Å². The molecule has 0 aliphatic rings. The van der Waals surface area contributed by atoms with Crippen molar-refractivity contribution in [3.05, 3.63) is 59.2 Å². The van der Waals surface area contributed by atoms with Crippen molar-refractivity contribution in [3.63, 3.8) is 0 Å². The molecule has 3 heteroatoms. The van der Waals surface area contributed by atoms with Crippen molar-refractivity contribution in [2.45, 2.75) is 20.3 Å². The van der Waals surface area contributed by atoms with E-state index in [1.54, 1.807) is 12.1 Å². The van der Waals surface area contributed by atoms with Crippen LogP contribution in [0.25, 0.3) is 0 Å². The monoisotopic (exact) mass is 254 g/mol. The summed E-state index contributed by atoms with van der Waals surface area (Å²) in [5, 5.41) is 2.94. The Balaban J connectivity index is 2.05. The molecule has 2 rings (SSSR count). The van der Waals surface area contributed by atoms with Crippen LogP contribution in [0.5, 0.6) is 0 Å². The zero-order valence-electron chi connectivity index (χ0n) is 11.2. The lowest BCUT2D eigenvalue weighted by Crippen LogP contribution is -2.15. The molecule has 3 N–H and O–H groups in total. The Morgan fingerprint density at radius 2 is 1.79 bits per heavy atom. The highest BCUT2D eigenvalue weighted by atomic mass is 16.1. The molecule has 0 atom stereocenters. The highest BCUT2D eigenvalue weighted by molar-refractivity contribution is 5.93. The van der Waals surface area contributed by atoms with Crippen molar-refractivity contribution >= 4 is 17.3 Å². The van der Waals surface area contributed by atoms with Crippen LogP contribution in [0, 0.1) is 13.8 Å². The number of carbonyl (C=O) groups excluding carboxylic acids is 1. The average Bonchev–Trinajstić information content (AvgIpc) is 2.38. The Kier molecular flexibility index (Phi) is 3.85. The molecule has 0 radical (unpaired) electrons. The molecule has 0 spiro atoms. The first-order valence-corrected chi connectivity index (χ1v) is 6.27. The summed E-state index contributed by atoms with van der Waals surface area (Å²) in [5.41, 5.74) is 10.4. The molecule has 0 heterocycles. The number of amides is 1. The average molecular weight is 254 g/mol. The molecule has 0 aliphatic carbocycles. The number of carbonyl (C=O) groups is 1. The summed E-state index contributed by atoms with van der Waals surface area (Å²) >= 11 is 0. The first-order chi connectivity index (χ1) is 9.06. The molecule has 0 bridgehead atoms. The molecule has 2 aromatic rings. The number of anilines is 2. The highest BCUT2D eigenvalue weighted by Gasteiger charge is 2.06. The second-order valence-corrected chi connectivity index (χ2v) is 4.71. The minimum absolute atomic E-state index is 0.0153. The zero-order chi connectivity index (χ0) is 13.8. The van der Waals surface area contributed by atoms with Gasteiger partial charge < -0.3 is 11.1 Å². The summed E-state index contributed by atoms with van der Waals surface area (Å²) in [6.45, 7) is 4.04. The Labute approximate surface area is 113 Å². The molecule has 0 saturated heterocycles. The van der Waals surface area contributed by atoms with Crippen LogP contribution in [-0.2, 0) is 11.2 Å². The van der Waals surface area contributed by atoms with Crippen molar-refractivity contribution in [3.8, 4) is 0 Å². The van der Waals surface area contributed by atoms with E-state index in [1.807, 2.05) is 44.2 Å². The van der Waals surface area contributed by atoms with Crippen LogP contribution < -0.4 is 11.1 Å². The third-order valence-corrected chi connectivity index (χ3v) is 3.22. The highest BCUT2D eigenvalue weighted by Crippen LogP contribution is 2.18. The van der Waals surface area contributed by atoms with Gasteiger partial charge in [-0.05, 0) is 48.7 Å². The first kappa shape index (κ1) is 13.1. The summed E-state index contributed by atoms with van der Waals surface area (Å²) in [5.74, 6) is -0.0153. The van der Waals surface area contributed by atoms with Crippen molar-refractivity contribution in [2.75, 3.05) is 11.1 Å². The minimum Gasteiger partial charge on any atom is -0.399 e. The standard InChI is InChI=1S/C16H18N2O/c1-11-4-3-5-15(12(11)2)18-16(19)10-13-6-8-14(17)9-7-13/h3-9H,10,17H2,1-2H3,(H,18,19). The van der Waals surface area contributed by atoms with E-state index >= 15 is 0 Å². The number of benzene rings is 2. The molecular formula is C16H18N2O. The van der Waals surface area contributed by atoms with Gasteiger partial charge in [0.1, 0.15) is 0 Å². The van der Waals surface area contributed by atoms with E-state index in [0.29, 0.717) is 12.1 Å². The molecule has 1 amide bonds. The van der Waals surface area contributed by atoms with Crippen LogP contribution in [0.4, 0.5) is 11.4 Å². The molecule has 98 valence electrons. The van der Waals surface area contributed by atoms with Crippen LogP contribution >= 0.6 is 0 Å². The fraction of sp³-hybridized carbons (Fsp3) is 0.188. The van der Waals surface area contributed by atoms with Crippen LogP contribution in [0.1, 0.15) is 16.7 Å². The maximum Gasteiger partial charge on any atom is 0.228 e. The number of hydrogen-bond donors (Lipinski definition) is 2. The summed E-state index contributed by atoms with van der Waals surface area (Å²) in [7, 11) is 0. The molecular weight excluding hydrogens is 236 g/mol. The van der Waals surface area contributed by atoms with Crippen LogP contribution in [0.15, 0.2) is 42.5 Å². The van der Waals surface area contributed by atoms with Gasteiger partial charge in [-0.3, -0.25) is 4.79 Å². The smallest absolute Gasteiger partial charge is 0.228 e. The number of nitrogens with one attached hydrogen (secondary N) is 1. The molecule has 19 heavy (non-hydrogen) atoms. The van der Waals surface area contributed by atoms with Gasteiger partial charge >= 0.3 is 0 Å². The Morgan fingerprint density at radius 1 is 1.11 bits per heavy atom. The van der Waals surface area contributed by atoms with Gasteiger partial charge in [-0.25, -0.2) is 0 Å². The summed E-state index contributed by atoms with van der Waals surface area (Å²) < 4.78 is 0. The molecule has 0 unspecified atom stereocenters. The summed E-state index contributed by atoms with van der Waals surface area (Å²) in [4.78, 5) is 12.0. The first-order valence-electron chi connectivity index (χ1n) is 6.27. The van der Waals surface area contributed by atoms with Crippen LogP contribution in [0.2, 0.25) is 0 Å². The molecule has 2 aromatic carbocycles. The molecule has 0 saturated carbocycles. The number of rotatable bonds is 3. The fourth-order valence-corrected chi connectivity index (χ4v) is 1.90. The molecule has 0 fully saturated rings. The van der Waals surface area contributed by atoms with Gasteiger partial charge in [0.05, 0.1) is 6.42 Å². The van der Waals surface area contributed by atoms with Gasteiger partial charge in [-0.2, -0.15) is 0 Å². The van der Waals surface area contributed by atoms with Crippen molar-refractivity contribution in [2.24, 2.45) is 0 Å². The third kappa shape index (κ3) is 3.35. The Bertz CT molecular complexity index is 588. The van der Waals surface area contributed by atoms with E-state index in [2.05, 4.69) is 5.32 Å². The van der Waals surface area contributed by atoms with Crippen molar-refractivity contribution < 1.29 is 4.79 Å². The lowest BCUT2D eigenvalue weighted by atomic mass is 10.1. The molecule has 0 aromatic heterocycles. The predicted octanol–water partition coefficient (Wildman–Crippen LogP) is 3.07. The molecule has 0 aliphatic heterocycles. The topological polar surface area (TPSA) is 55.1 Å². The van der Waals surface area contributed by atoms with Gasteiger partial charge in [0, 0.05) is 11.4 Å². The van der Waals surface area contributed by atoms with Crippen molar-refractivity contribution in [1.82, 2.24) is 0 Å². The normalized spacial score (nSPS) is 10.2. The van der Waals surface area contributed by atoms with Gasteiger partial charge in [-0.15, -0.1) is 0 Å². The maximum atomic E-state index is 12.0. The number of nitrogen functional groups attached to an aromatic ring is 1. The van der Waals surface area contributed by atoms with E-state index in [9.17, 15) is 4.79 Å². The zero-order valence-corrected chi connectivity index (χ0v) is 11.2. The van der Waals surface area contributed by atoms with E-state index in [0.717, 1.165) is 16.8 Å². The van der Waals surface area contributed by atoms with E-state index in [4.69, 9.17) is 5.73 Å². The van der Waals surface area contributed by atoms with Gasteiger partial charge in [0.2, 0.25) is 5.91 Å². The van der Waals surface area contributed by atoms with E-state index in [-0.39, 0.29) is 5.91 Å². The Hall–Kier alpha value is -2.29. The Morgan fingerprint density at radius 3 is 2.47 bits per heavy atom. The SMILES string of the molecule is Cc1cccc(NC(=O)Cc2ccc(N)cc2)c1C. The summed E-state index contributed by atoms with van der Waals surface area (Å²) in [6.07, 6.45) is 0.355. The van der Waals surface area contributed by atoms with Crippen LogP contribution in [0.3, 0.4) is 0 Å². The van der Waals surface area contributed by atoms with Crippen molar-refractivity contribution in [1.29, 1.82) is 0 Å². The second kappa shape index (κ2) is 5.57. The lowest BCUT2D eigenvalue weighted by molar-refractivity contribution is -0.115. The summed E-state index contributed by atoms with van der Waals surface area (Å²) in [6, 6.07) is 13.3.